The van der Waals surface area contributed by atoms with Crippen molar-refractivity contribution in [3.8, 4) is 23.0 Å². The van der Waals surface area contributed by atoms with Gasteiger partial charge in [-0.05, 0) is 68.8 Å². The average Bonchev–Trinajstić information content (AvgIpc) is 3.24. The lowest BCUT2D eigenvalue weighted by atomic mass is 10.0. The van der Waals surface area contributed by atoms with Crippen LogP contribution in [0.5, 0.6) is 23.0 Å². The Kier molecular flexibility index (Phi) is 12.4. The van der Waals surface area contributed by atoms with Gasteiger partial charge in [-0.15, -0.1) is 0 Å². The van der Waals surface area contributed by atoms with Crippen molar-refractivity contribution in [1.29, 1.82) is 0 Å². The van der Waals surface area contributed by atoms with Crippen molar-refractivity contribution in [2.24, 2.45) is 0 Å². The zero-order chi connectivity index (χ0) is 37.7. The molecule has 0 bridgehead atoms. The molecule has 0 saturated heterocycles. The largest absolute Gasteiger partial charge is 0.489 e. The molecule has 0 radical (unpaired) electrons. The summed E-state index contributed by atoms with van der Waals surface area (Å²) < 4.78 is 25.1. The Labute approximate surface area is 317 Å². The van der Waals surface area contributed by atoms with Gasteiger partial charge in [-0.2, -0.15) is 0 Å². The molecule has 5 heteroatoms. The Balaban J connectivity index is 1.29. The molecule has 0 fully saturated rings. The van der Waals surface area contributed by atoms with E-state index < -0.39 is 0 Å². The van der Waals surface area contributed by atoms with Crippen molar-refractivity contribution in [2.75, 3.05) is 0 Å². The Morgan fingerprint density at radius 2 is 0.667 bits per heavy atom. The summed E-state index contributed by atoms with van der Waals surface area (Å²) >= 11 is 0. The van der Waals surface area contributed by atoms with Crippen LogP contribution in [0.25, 0.3) is 24.3 Å². The molecule has 0 aromatic heterocycles. The highest BCUT2D eigenvalue weighted by Gasteiger charge is 2.21. The van der Waals surface area contributed by atoms with E-state index in [9.17, 15) is 4.79 Å². The van der Waals surface area contributed by atoms with Crippen molar-refractivity contribution < 1.29 is 23.7 Å². The van der Waals surface area contributed by atoms with E-state index in [0.29, 0.717) is 47.3 Å². The van der Waals surface area contributed by atoms with Crippen molar-refractivity contribution in [3.05, 3.63) is 215 Å². The Morgan fingerprint density at radius 1 is 0.389 bits per heavy atom. The molecule has 6 rings (SSSR count). The highest BCUT2D eigenvalue weighted by atomic mass is 16.5. The molecule has 0 aliphatic carbocycles. The van der Waals surface area contributed by atoms with Crippen molar-refractivity contribution in [1.82, 2.24) is 0 Å². The average molecular weight is 711 g/mol. The summed E-state index contributed by atoms with van der Waals surface area (Å²) in [5.74, 6) is 1.66. The molecule has 0 spiro atoms. The van der Waals surface area contributed by atoms with E-state index in [-0.39, 0.29) is 19.0 Å². The first-order chi connectivity index (χ1) is 26.4. The maximum Gasteiger partial charge on any atom is 0.200 e. The number of benzene rings is 6. The zero-order valence-corrected chi connectivity index (χ0v) is 30.2. The molecule has 0 aliphatic rings. The summed E-state index contributed by atoms with van der Waals surface area (Å²) in [6.07, 6.45) is 7.19. The van der Waals surface area contributed by atoms with E-state index in [1.165, 1.54) is 0 Å². The smallest absolute Gasteiger partial charge is 0.200 e. The van der Waals surface area contributed by atoms with Gasteiger partial charge in [0.05, 0.1) is 11.1 Å². The van der Waals surface area contributed by atoms with Gasteiger partial charge < -0.3 is 18.9 Å². The Hall–Kier alpha value is -6.85. The van der Waals surface area contributed by atoms with Crippen LogP contribution in [0.1, 0.15) is 60.4 Å². The second-order valence-corrected chi connectivity index (χ2v) is 12.6. The standard InChI is InChI=1S/C49H42O5/c1-5-35-9-17-39(18-10-35)31-51-43-25-27-45(47(29-43)53-33-41-21-13-37(7-3)14-22-41)49(50)46-28-26-44(52-32-40-19-11-36(6-2)12-20-40)30-48(46)54-34-42-23-15-38(8-4)16-24-42/h5-30H,1-4,31-34H2. The predicted molar refractivity (Wildman–Crippen MR) is 220 cm³/mol. The number of carbonyl (C=O) groups is 1. The molecule has 0 N–H and O–H groups in total. The first-order valence-electron chi connectivity index (χ1n) is 17.6. The fraction of sp³-hybridized carbons (Fsp3) is 0.0816. The number of carbonyl (C=O) groups excluding carboxylic acids is 1. The maximum absolute atomic E-state index is 14.5. The lowest BCUT2D eigenvalue weighted by Crippen LogP contribution is -2.09. The van der Waals surface area contributed by atoms with Crippen LogP contribution in [0.2, 0.25) is 0 Å². The van der Waals surface area contributed by atoms with Gasteiger partial charge >= 0.3 is 0 Å². The summed E-state index contributed by atoms with van der Waals surface area (Å²) in [6, 6.07) is 42.4. The van der Waals surface area contributed by atoms with Gasteiger partial charge in [0.15, 0.2) is 5.78 Å². The molecule has 0 aliphatic heterocycles. The Bertz CT molecular complexity index is 2070. The molecule has 0 atom stereocenters. The fourth-order valence-corrected chi connectivity index (χ4v) is 5.60. The van der Waals surface area contributed by atoms with Crippen molar-refractivity contribution >= 4 is 30.1 Å². The van der Waals surface area contributed by atoms with Crippen LogP contribution in [0, 0.1) is 0 Å². The third-order valence-corrected chi connectivity index (χ3v) is 8.86. The maximum atomic E-state index is 14.5. The number of hydrogen-bond donors (Lipinski definition) is 0. The molecular formula is C49H42O5. The van der Waals surface area contributed by atoms with Gasteiger partial charge in [-0.3, -0.25) is 4.79 Å². The molecule has 0 amide bonds. The normalized spacial score (nSPS) is 10.5. The summed E-state index contributed by atoms with van der Waals surface area (Å²) in [6.45, 7) is 16.5. The fourth-order valence-electron chi connectivity index (χ4n) is 5.60. The van der Waals surface area contributed by atoms with Crippen LogP contribution in [0.3, 0.4) is 0 Å². The highest BCUT2D eigenvalue weighted by molar-refractivity contribution is 6.12. The molecule has 54 heavy (non-hydrogen) atoms. The third kappa shape index (κ3) is 9.72. The number of hydrogen-bond acceptors (Lipinski definition) is 5. The molecule has 6 aromatic rings. The van der Waals surface area contributed by atoms with E-state index in [0.717, 1.165) is 44.5 Å². The first-order valence-corrected chi connectivity index (χ1v) is 17.6. The van der Waals surface area contributed by atoms with Gasteiger partial charge in [0, 0.05) is 12.1 Å². The summed E-state index contributed by atoms with van der Waals surface area (Å²) in [5.41, 5.74) is 8.72. The van der Waals surface area contributed by atoms with Crippen LogP contribution >= 0.6 is 0 Å². The van der Waals surface area contributed by atoms with Gasteiger partial charge in [-0.25, -0.2) is 0 Å². The van der Waals surface area contributed by atoms with Crippen LogP contribution in [0.15, 0.2) is 160 Å². The number of ether oxygens (including phenoxy) is 4. The van der Waals surface area contributed by atoms with Gasteiger partial charge in [0.25, 0.3) is 0 Å². The van der Waals surface area contributed by atoms with Gasteiger partial charge in [0.1, 0.15) is 49.4 Å². The predicted octanol–water partition coefficient (Wildman–Crippen LogP) is 11.8. The first kappa shape index (κ1) is 36.9. The topological polar surface area (TPSA) is 54.0 Å². The summed E-state index contributed by atoms with van der Waals surface area (Å²) in [7, 11) is 0. The molecule has 0 unspecified atom stereocenters. The van der Waals surface area contributed by atoms with E-state index in [2.05, 4.69) is 26.3 Å². The van der Waals surface area contributed by atoms with Crippen LogP contribution in [0.4, 0.5) is 0 Å². The second-order valence-electron chi connectivity index (χ2n) is 12.6. The molecule has 0 saturated carbocycles. The SMILES string of the molecule is C=Cc1ccc(COc2ccc(C(=O)c3ccc(OCc4ccc(C=C)cc4)cc3OCc3ccc(C=C)cc3)c(OCc3ccc(C=C)cc3)c2)cc1. The molecule has 6 aromatic carbocycles. The monoisotopic (exact) mass is 710 g/mol. The lowest BCUT2D eigenvalue weighted by Gasteiger charge is -2.17. The zero-order valence-electron chi connectivity index (χ0n) is 30.2. The molecular weight excluding hydrogens is 669 g/mol. The van der Waals surface area contributed by atoms with Gasteiger partial charge in [-0.1, -0.05) is 148 Å². The van der Waals surface area contributed by atoms with Crippen molar-refractivity contribution in [2.45, 2.75) is 26.4 Å². The van der Waals surface area contributed by atoms with E-state index in [1.54, 1.807) is 60.7 Å². The minimum atomic E-state index is -0.262. The summed E-state index contributed by atoms with van der Waals surface area (Å²) in [5, 5.41) is 0. The number of rotatable bonds is 18. The van der Waals surface area contributed by atoms with E-state index in [1.807, 2.05) is 97.1 Å². The minimum absolute atomic E-state index is 0.245. The lowest BCUT2D eigenvalue weighted by molar-refractivity contribution is 0.103. The molecule has 5 nitrogen and oxygen atoms in total. The van der Waals surface area contributed by atoms with Gasteiger partial charge in [0.2, 0.25) is 0 Å². The van der Waals surface area contributed by atoms with Crippen LogP contribution < -0.4 is 18.9 Å². The second kappa shape index (κ2) is 18.1. The third-order valence-electron chi connectivity index (χ3n) is 8.86. The van der Waals surface area contributed by atoms with Crippen molar-refractivity contribution in [3.63, 3.8) is 0 Å². The van der Waals surface area contributed by atoms with Crippen LogP contribution in [-0.4, -0.2) is 5.78 Å². The number of ketones is 1. The van der Waals surface area contributed by atoms with E-state index in [4.69, 9.17) is 18.9 Å². The molecule has 0 heterocycles. The Morgan fingerprint density at radius 3 is 0.944 bits per heavy atom. The minimum Gasteiger partial charge on any atom is -0.489 e. The molecule has 268 valence electrons. The van der Waals surface area contributed by atoms with E-state index >= 15 is 0 Å². The highest BCUT2D eigenvalue weighted by Crippen LogP contribution is 2.34. The quantitative estimate of drug-likeness (QED) is 0.0831. The summed E-state index contributed by atoms with van der Waals surface area (Å²) in [4.78, 5) is 14.5. The van der Waals surface area contributed by atoms with Crippen LogP contribution in [-0.2, 0) is 26.4 Å².